The maximum absolute atomic E-state index is 13.3. The van der Waals surface area contributed by atoms with Gasteiger partial charge in [-0.1, -0.05) is 35.3 Å². The Hall–Kier alpha value is -2.41. The molecule has 3 N–H and O–H groups in total. The van der Waals surface area contributed by atoms with E-state index >= 15 is 0 Å². The van der Waals surface area contributed by atoms with Crippen LogP contribution < -0.4 is 15.8 Å². The molecule has 1 saturated heterocycles. The molecule has 4 rings (SSSR count). The van der Waals surface area contributed by atoms with E-state index in [-0.39, 0.29) is 11.9 Å². The number of rotatable bonds is 6. The molecule has 1 aliphatic heterocycles. The molecule has 3 heterocycles. The summed E-state index contributed by atoms with van der Waals surface area (Å²) in [5, 5.41) is 4.23. The van der Waals surface area contributed by atoms with Crippen molar-refractivity contribution in [3.05, 3.63) is 70.1 Å². The van der Waals surface area contributed by atoms with Crippen molar-refractivity contribution in [3.63, 3.8) is 0 Å². The normalized spacial score (nSPS) is 19.4. The second-order valence-electron chi connectivity index (χ2n) is 7.68. The molecule has 3 atom stereocenters. The average molecular weight is 461 g/mol. The van der Waals surface area contributed by atoms with E-state index in [4.69, 9.17) is 33.7 Å². The van der Waals surface area contributed by atoms with Gasteiger partial charge in [0.05, 0.1) is 0 Å². The first-order valence-corrected chi connectivity index (χ1v) is 10.8. The van der Waals surface area contributed by atoms with Crippen molar-refractivity contribution in [2.75, 3.05) is 12.3 Å². The standard InChI is InChI=1S/C23H23Cl2FN4O/c1-13(22-19(24)3-2-4-20(22)25)31-21-7-15(11-30-23(21)27)14-5-6-17(28-10-14)9-18-8-16(26)12-29-18/h2-7,10-11,13,16,18,29H,8-9,12H2,1H3,(H2,27,30)/t13?,16-,18-/m0/s1. The number of alkyl halides is 1. The Morgan fingerprint density at radius 3 is 2.55 bits per heavy atom. The highest BCUT2D eigenvalue weighted by Crippen LogP contribution is 2.35. The number of benzene rings is 1. The number of nitrogen functional groups attached to an aromatic ring is 1. The van der Waals surface area contributed by atoms with Gasteiger partial charge in [0.1, 0.15) is 12.3 Å². The molecule has 1 fully saturated rings. The Morgan fingerprint density at radius 2 is 1.90 bits per heavy atom. The summed E-state index contributed by atoms with van der Waals surface area (Å²) < 4.78 is 19.4. The predicted octanol–water partition coefficient (Wildman–Crippen LogP) is 5.42. The number of anilines is 1. The first-order valence-electron chi connectivity index (χ1n) is 10.1. The molecule has 2 aromatic heterocycles. The lowest BCUT2D eigenvalue weighted by Gasteiger charge is -2.19. The minimum absolute atomic E-state index is 0.129. The van der Waals surface area contributed by atoms with E-state index in [9.17, 15) is 4.39 Å². The number of aromatic nitrogens is 2. The molecule has 0 saturated carbocycles. The highest BCUT2D eigenvalue weighted by atomic mass is 35.5. The zero-order valence-corrected chi connectivity index (χ0v) is 18.5. The van der Waals surface area contributed by atoms with Crippen LogP contribution in [-0.4, -0.2) is 28.7 Å². The van der Waals surface area contributed by atoms with Crippen LogP contribution in [0.25, 0.3) is 11.1 Å². The van der Waals surface area contributed by atoms with E-state index in [0.717, 1.165) is 16.8 Å². The minimum Gasteiger partial charge on any atom is -0.482 e. The van der Waals surface area contributed by atoms with Crippen LogP contribution in [0.3, 0.4) is 0 Å². The van der Waals surface area contributed by atoms with Crippen LogP contribution >= 0.6 is 23.2 Å². The van der Waals surface area contributed by atoms with Crippen LogP contribution in [0.2, 0.25) is 10.0 Å². The van der Waals surface area contributed by atoms with Crippen LogP contribution in [0.15, 0.2) is 48.8 Å². The first-order chi connectivity index (χ1) is 14.9. The second kappa shape index (κ2) is 9.39. The lowest BCUT2D eigenvalue weighted by Crippen LogP contribution is -2.24. The van der Waals surface area contributed by atoms with Crippen molar-refractivity contribution < 1.29 is 9.13 Å². The smallest absolute Gasteiger partial charge is 0.166 e. The van der Waals surface area contributed by atoms with E-state index in [1.165, 1.54) is 0 Å². The average Bonchev–Trinajstić information content (AvgIpc) is 3.15. The van der Waals surface area contributed by atoms with Gasteiger partial charge < -0.3 is 15.8 Å². The number of hydrogen-bond acceptors (Lipinski definition) is 5. The zero-order chi connectivity index (χ0) is 22.0. The molecule has 3 aromatic rings. The number of pyridine rings is 2. The Bertz CT molecular complexity index is 1040. The van der Waals surface area contributed by atoms with Crippen molar-refractivity contribution in [1.82, 2.24) is 15.3 Å². The molecular weight excluding hydrogens is 438 g/mol. The summed E-state index contributed by atoms with van der Waals surface area (Å²) in [5.74, 6) is 0.714. The van der Waals surface area contributed by atoms with Gasteiger partial charge in [0, 0.05) is 63.8 Å². The predicted molar refractivity (Wildman–Crippen MR) is 122 cm³/mol. The molecule has 31 heavy (non-hydrogen) atoms. The van der Waals surface area contributed by atoms with E-state index in [1.807, 2.05) is 25.1 Å². The monoisotopic (exact) mass is 460 g/mol. The highest BCUT2D eigenvalue weighted by Gasteiger charge is 2.24. The van der Waals surface area contributed by atoms with Gasteiger partial charge in [-0.15, -0.1) is 0 Å². The number of nitrogens with zero attached hydrogens (tertiary/aromatic N) is 2. The third-order valence-electron chi connectivity index (χ3n) is 5.37. The maximum Gasteiger partial charge on any atom is 0.166 e. The number of ether oxygens (including phenoxy) is 1. The molecule has 1 unspecified atom stereocenters. The SMILES string of the molecule is CC(Oc1cc(-c2ccc(C[C@@H]3C[C@H](F)CN3)nc2)cnc1N)c1c(Cl)cccc1Cl. The topological polar surface area (TPSA) is 73.1 Å². The summed E-state index contributed by atoms with van der Waals surface area (Å²) in [6, 6.07) is 11.2. The molecule has 1 aliphatic rings. The highest BCUT2D eigenvalue weighted by molar-refractivity contribution is 6.36. The second-order valence-corrected chi connectivity index (χ2v) is 8.50. The quantitative estimate of drug-likeness (QED) is 0.513. The van der Waals surface area contributed by atoms with E-state index < -0.39 is 12.3 Å². The van der Waals surface area contributed by atoms with Gasteiger partial charge in [-0.25, -0.2) is 9.37 Å². The lowest BCUT2D eigenvalue weighted by molar-refractivity contribution is 0.228. The van der Waals surface area contributed by atoms with Crippen LogP contribution in [0.1, 0.15) is 30.7 Å². The van der Waals surface area contributed by atoms with E-state index in [2.05, 4.69) is 15.3 Å². The molecular formula is C23H23Cl2FN4O. The van der Waals surface area contributed by atoms with Crippen LogP contribution in [0.4, 0.5) is 10.2 Å². The molecule has 0 aliphatic carbocycles. The van der Waals surface area contributed by atoms with Gasteiger partial charge in [-0.2, -0.15) is 0 Å². The summed E-state index contributed by atoms with van der Waals surface area (Å²) in [6.07, 6.45) is 3.50. The number of halogens is 3. The molecule has 0 spiro atoms. The number of nitrogens with one attached hydrogen (secondary N) is 1. The maximum atomic E-state index is 13.3. The lowest BCUT2D eigenvalue weighted by atomic mass is 10.1. The molecule has 5 nitrogen and oxygen atoms in total. The van der Waals surface area contributed by atoms with E-state index in [0.29, 0.717) is 40.7 Å². The molecule has 162 valence electrons. The summed E-state index contributed by atoms with van der Waals surface area (Å²) in [6.45, 7) is 2.27. The van der Waals surface area contributed by atoms with Gasteiger partial charge >= 0.3 is 0 Å². The fourth-order valence-corrected chi connectivity index (χ4v) is 4.45. The van der Waals surface area contributed by atoms with Crippen LogP contribution in [-0.2, 0) is 6.42 Å². The Balaban J connectivity index is 1.51. The molecule has 0 radical (unpaired) electrons. The van der Waals surface area contributed by atoms with Gasteiger partial charge in [0.25, 0.3) is 0 Å². The van der Waals surface area contributed by atoms with Gasteiger partial charge in [-0.05, 0) is 37.6 Å². The van der Waals surface area contributed by atoms with Gasteiger partial charge in [0.15, 0.2) is 11.6 Å². The van der Waals surface area contributed by atoms with Gasteiger partial charge in [0.2, 0.25) is 0 Å². The summed E-state index contributed by atoms with van der Waals surface area (Å²) in [4.78, 5) is 8.80. The minimum atomic E-state index is -0.772. The molecule has 0 bridgehead atoms. The number of nitrogens with two attached hydrogens (primary N) is 1. The fourth-order valence-electron chi connectivity index (χ4n) is 3.75. The first kappa shape index (κ1) is 21.8. The Kier molecular flexibility index (Phi) is 6.60. The summed E-state index contributed by atoms with van der Waals surface area (Å²) in [5.41, 5.74) is 9.35. The zero-order valence-electron chi connectivity index (χ0n) is 17.0. The molecule has 1 aromatic carbocycles. The summed E-state index contributed by atoms with van der Waals surface area (Å²) in [7, 11) is 0. The van der Waals surface area contributed by atoms with Crippen molar-refractivity contribution in [1.29, 1.82) is 0 Å². The van der Waals surface area contributed by atoms with E-state index in [1.54, 1.807) is 30.6 Å². The number of hydrogen-bond donors (Lipinski definition) is 2. The van der Waals surface area contributed by atoms with Crippen LogP contribution in [0, 0.1) is 0 Å². The largest absolute Gasteiger partial charge is 0.482 e. The Labute approximate surface area is 190 Å². The molecule has 8 heteroatoms. The third kappa shape index (κ3) is 5.09. The molecule has 0 amide bonds. The van der Waals surface area contributed by atoms with Crippen molar-refractivity contribution in [2.45, 2.75) is 38.1 Å². The Morgan fingerprint density at radius 1 is 1.16 bits per heavy atom. The third-order valence-corrected chi connectivity index (χ3v) is 6.03. The van der Waals surface area contributed by atoms with Crippen molar-refractivity contribution in [3.8, 4) is 16.9 Å². The van der Waals surface area contributed by atoms with Crippen molar-refractivity contribution >= 4 is 29.0 Å². The fraction of sp³-hybridized carbons (Fsp3) is 0.304. The van der Waals surface area contributed by atoms with Crippen LogP contribution in [0.5, 0.6) is 5.75 Å². The van der Waals surface area contributed by atoms with Crippen molar-refractivity contribution in [2.24, 2.45) is 0 Å². The van der Waals surface area contributed by atoms with Gasteiger partial charge in [-0.3, -0.25) is 4.98 Å². The summed E-state index contributed by atoms with van der Waals surface area (Å²) >= 11 is 12.6.